The summed E-state index contributed by atoms with van der Waals surface area (Å²) in [7, 11) is -5.47. The van der Waals surface area contributed by atoms with Crippen LogP contribution in [-0.2, 0) is 21.3 Å². The molecule has 0 aliphatic rings. The number of nitrogens with one attached hydrogen (secondary N) is 1. The normalized spacial score (nSPS) is 12.7. The monoisotopic (exact) mass is 478 g/mol. The zero-order valence-electron chi connectivity index (χ0n) is 18.1. The van der Waals surface area contributed by atoms with Crippen molar-refractivity contribution in [3.8, 4) is 0 Å². The minimum absolute atomic E-state index is 0.00796. The molecule has 1 N–H and O–H groups in total. The summed E-state index contributed by atoms with van der Waals surface area (Å²) >= 11 is 0. The standard InChI is InChI=1S/C19H25F3N4O5S/c1-13(27)15-12-26-14(7-5-8-16(26)24-15)11-25(17(28)31-18(2,3)4)10-6-9-23-32(29,30)19(20,21)22/h5,7-8,12,23H,6,9-11H2,1-4H3. The Balaban J connectivity index is 2.20. The number of pyridine rings is 1. The van der Waals surface area contributed by atoms with Gasteiger partial charge in [0.2, 0.25) is 0 Å². The smallest absolute Gasteiger partial charge is 0.444 e. The van der Waals surface area contributed by atoms with E-state index in [-0.39, 0.29) is 31.0 Å². The van der Waals surface area contributed by atoms with Crippen LogP contribution in [-0.4, -0.2) is 58.8 Å². The van der Waals surface area contributed by atoms with Crippen molar-refractivity contribution in [2.75, 3.05) is 13.1 Å². The first-order chi connectivity index (χ1) is 14.6. The third-order valence-corrected chi connectivity index (χ3v) is 5.34. The van der Waals surface area contributed by atoms with E-state index in [0.717, 1.165) is 0 Å². The van der Waals surface area contributed by atoms with Crippen molar-refractivity contribution in [1.29, 1.82) is 0 Å². The van der Waals surface area contributed by atoms with Crippen LogP contribution in [0, 0.1) is 0 Å². The van der Waals surface area contributed by atoms with E-state index < -0.39 is 33.8 Å². The molecule has 2 aromatic rings. The fourth-order valence-corrected chi connectivity index (χ4v) is 3.26. The lowest BCUT2D eigenvalue weighted by atomic mass is 10.2. The second-order valence-corrected chi connectivity index (χ2v) is 9.79. The van der Waals surface area contributed by atoms with Gasteiger partial charge in [0.05, 0.1) is 6.54 Å². The number of carbonyl (C=O) groups is 2. The first-order valence-electron chi connectivity index (χ1n) is 9.62. The Morgan fingerprint density at radius 3 is 2.44 bits per heavy atom. The first kappa shape index (κ1) is 25.6. The zero-order chi connectivity index (χ0) is 24.3. The number of ether oxygens (including phenoxy) is 1. The lowest BCUT2D eigenvalue weighted by Crippen LogP contribution is -2.40. The quantitative estimate of drug-likeness (QED) is 0.461. The third-order valence-electron chi connectivity index (χ3n) is 4.14. The molecule has 2 aromatic heterocycles. The molecule has 0 saturated heterocycles. The molecule has 0 unspecified atom stereocenters. The topological polar surface area (TPSA) is 110 Å². The van der Waals surface area contributed by atoms with Crippen molar-refractivity contribution < 1.29 is 35.9 Å². The Labute approximate surface area is 183 Å². The molecule has 0 radical (unpaired) electrons. The van der Waals surface area contributed by atoms with E-state index in [9.17, 15) is 31.2 Å². The van der Waals surface area contributed by atoms with Crippen LogP contribution in [0.1, 0.15) is 50.3 Å². The number of carbonyl (C=O) groups excluding carboxylic acids is 2. The van der Waals surface area contributed by atoms with Crippen molar-refractivity contribution in [3.63, 3.8) is 0 Å². The third kappa shape index (κ3) is 6.66. The number of nitrogens with zero attached hydrogens (tertiary/aromatic N) is 3. The average molecular weight is 478 g/mol. The van der Waals surface area contributed by atoms with Crippen molar-refractivity contribution in [2.24, 2.45) is 0 Å². The number of imidazole rings is 1. The molecular weight excluding hydrogens is 453 g/mol. The molecule has 0 spiro atoms. The highest BCUT2D eigenvalue weighted by Gasteiger charge is 2.45. The molecular formula is C19H25F3N4O5S. The van der Waals surface area contributed by atoms with Gasteiger partial charge in [0, 0.05) is 31.9 Å². The Bertz CT molecular complexity index is 1090. The van der Waals surface area contributed by atoms with Gasteiger partial charge < -0.3 is 14.0 Å². The molecule has 13 heteroatoms. The number of ketones is 1. The molecule has 2 heterocycles. The summed E-state index contributed by atoms with van der Waals surface area (Å²) in [6.07, 6.45) is 0.713. The second-order valence-electron chi connectivity index (χ2n) is 8.03. The summed E-state index contributed by atoms with van der Waals surface area (Å²) in [5, 5.41) is 0. The number of fused-ring (bicyclic) bond motifs is 1. The number of hydrogen-bond acceptors (Lipinski definition) is 6. The SMILES string of the molecule is CC(=O)c1cn2c(CN(CCCNS(=O)(=O)C(F)(F)F)C(=O)OC(C)(C)C)cccc2n1. The highest BCUT2D eigenvalue weighted by atomic mass is 32.2. The van der Waals surface area contributed by atoms with Crippen molar-refractivity contribution in [2.45, 2.75) is 51.8 Å². The van der Waals surface area contributed by atoms with E-state index in [1.165, 1.54) is 22.7 Å². The van der Waals surface area contributed by atoms with Crippen LogP contribution in [0.15, 0.2) is 24.4 Å². The van der Waals surface area contributed by atoms with Gasteiger partial charge in [0.15, 0.2) is 5.78 Å². The van der Waals surface area contributed by atoms with Gasteiger partial charge in [-0.05, 0) is 39.3 Å². The van der Waals surface area contributed by atoms with Crippen LogP contribution in [0.2, 0.25) is 0 Å². The van der Waals surface area contributed by atoms with Crippen LogP contribution in [0.25, 0.3) is 5.65 Å². The van der Waals surface area contributed by atoms with Gasteiger partial charge in [0.1, 0.15) is 16.9 Å². The van der Waals surface area contributed by atoms with Gasteiger partial charge in [-0.25, -0.2) is 22.9 Å². The maximum absolute atomic E-state index is 12.7. The minimum atomic E-state index is -5.47. The maximum Gasteiger partial charge on any atom is 0.511 e. The number of halogens is 3. The van der Waals surface area contributed by atoms with Crippen LogP contribution in [0.4, 0.5) is 18.0 Å². The predicted molar refractivity (Wildman–Crippen MR) is 109 cm³/mol. The summed E-state index contributed by atoms with van der Waals surface area (Å²) in [5.74, 6) is -0.236. The van der Waals surface area contributed by atoms with E-state index in [1.807, 2.05) is 0 Å². The van der Waals surface area contributed by atoms with E-state index in [1.54, 1.807) is 43.4 Å². The molecule has 178 valence electrons. The summed E-state index contributed by atoms with van der Waals surface area (Å²) in [4.78, 5) is 29.8. The van der Waals surface area contributed by atoms with Gasteiger partial charge in [-0.15, -0.1) is 0 Å². The lowest BCUT2D eigenvalue weighted by Gasteiger charge is -2.27. The molecule has 0 aromatic carbocycles. The number of alkyl halides is 3. The summed E-state index contributed by atoms with van der Waals surface area (Å²) in [6.45, 7) is 5.75. The van der Waals surface area contributed by atoms with Crippen molar-refractivity contribution in [1.82, 2.24) is 19.0 Å². The van der Waals surface area contributed by atoms with E-state index in [4.69, 9.17) is 4.74 Å². The van der Waals surface area contributed by atoms with Crippen LogP contribution >= 0.6 is 0 Å². The number of aromatic nitrogens is 2. The van der Waals surface area contributed by atoms with Crippen LogP contribution < -0.4 is 4.72 Å². The second kappa shape index (κ2) is 9.45. The summed E-state index contributed by atoms with van der Waals surface area (Å²) in [6, 6.07) is 5.06. The highest BCUT2D eigenvalue weighted by Crippen LogP contribution is 2.21. The fourth-order valence-electron chi connectivity index (χ4n) is 2.68. The van der Waals surface area contributed by atoms with Crippen molar-refractivity contribution in [3.05, 3.63) is 35.8 Å². The van der Waals surface area contributed by atoms with Gasteiger partial charge >= 0.3 is 21.6 Å². The lowest BCUT2D eigenvalue weighted by molar-refractivity contribution is -0.0448. The largest absolute Gasteiger partial charge is 0.511 e. The molecule has 9 nitrogen and oxygen atoms in total. The van der Waals surface area contributed by atoms with Crippen LogP contribution in [0.3, 0.4) is 0 Å². The molecule has 0 bridgehead atoms. The molecule has 0 atom stereocenters. The van der Waals surface area contributed by atoms with E-state index in [0.29, 0.717) is 11.3 Å². The molecule has 0 aliphatic carbocycles. The molecule has 0 fully saturated rings. The van der Waals surface area contributed by atoms with Gasteiger partial charge in [0.25, 0.3) is 0 Å². The molecule has 0 aliphatic heterocycles. The Morgan fingerprint density at radius 2 is 1.88 bits per heavy atom. The Kier molecular flexibility index (Phi) is 7.55. The number of Topliss-reactive ketones (excluding diaryl/α,β-unsaturated/α-hetero) is 1. The number of amides is 1. The minimum Gasteiger partial charge on any atom is -0.444 e. The van der Waals surface area contributed by atoms with Crippen molar-refractivity contribution >= 4 is 27.5 Å². The summed E-state index contributed by atoms with van der Waals surface area (Å²) < 4.78 is 68.1. The number of sulfonamides is 1. The number of rotatable bonds is 8. The van der Waals surface area contributed by atoms with Crippen LogP contribution in [0.5, 0.6) is 0 Å². The van der Waals surface area contributed by atoms with E-state index >= 15 is 0 Å². The Hall–Kier alpha value is -2.67. The Morgan fingerprint density at radius 1 is 1.22 bits per heavy atom. The predicted octanol–water partition coefficient (Wildman–Crippen LogP) is 3.10. The van der Waals surface area contributed by atoms with E-state index in [2.05, 4.69) is 4.98 Å². The zero-order valence-corrected chi connectivity index (χ0v) is 18.9. The highest BCUT2D eigenvalue weighted by molar-refractivity contribution is 7.90. The maximum atomic E-state index is 12.7. The average Bonchev–Trinajstić information content (AvgIpc) is 3.07. The van der Waals surface area contributed by atoms with Gasteiger partial charge in [-0.1, -0.05) is 6.07 Å². The van der Waals surface area contributed by atoms with Gasteiger partial charge in [-0.3, -0.25) is 4.79 Å². The number of hydrogen-bond donors (Lipinski definition) is 1. The molecule has 1 amide bonds. The first-order valence-corrected chi connectivity index (χ1v) is 11.1. The fraction of sp³-hybridized carbons (Fsp3) is 0.526. The molecule has 32 heavy (non-hydrogen) atoms. The van der Waals surface area contributed by atoms with Gasteiger partial charge in [-0.2, -0.15) is 13.2 Å². The summed E-state index contributed by atoms with van der Waals surface area (Å²) in [5.41, 5.74) is -4.94. The molecule has 2 rings (SSSR count). The molecule has 0 saturated carbocycles.